The number of hydrazine groups is 1. The number of hydrogen-bond donors (Lipinski definition) is 2. The van der Waals surface area contributed by atoms with Crippen molar-refractivity contribution in [1.29, 1.82) is 0 Å². The van der Waals surface area contributed by atoms with Gasteiger partial charge < -0.3 is 0 Å². The van der Waals surface area contributed by atoms with E-state index in [1.807, 2.05) is 0 Å². The van der Waals surface area contributed by atoms with Crippen LogP contribution >= 0.6 is 0 Å². The Morgan fingerprint density at radius 1 is 1.14 bits per heavy atom. The number of benzene rings is 1. The molecule has 5 rings (SSSR count). The summed E-state index contributed by atoms with van der Waals surface area (Å²) in [5.41, 5.74) is 12.2. The van der Waals surface area contributed by atoms with Gasteiger partial charge in [-0.15, -0.1) is 0 Å². The largest absolute Gasteiger partial charge is 0.253 e. The van der Waals surface area contributed by atoms with Gasteiger partial charge in [0.1, 0.15) is 0 Å². The van der Waals surface area contributed by atoms with Crippen molar-refractivity contribution in [2.24, 2.45) is 22.7 Å². The first-order chi connectivity index (χ1) is 13.5. The Morgan fingerprint density at radius 3 is 2.68 bits per heavy atom. The van der Waals surface area contributed by atoms with Crippen molar-refractivity contribution in [2.45, 2.75) is 71.9 Å². The Hall–Kier alpha value is -1.65. The molecule has 3 aliphatic rings. The van der Waals surface area contributed by atoms with Crippen molar-refractivity contribution < 1.29 is 0 Å². The SMILES string of the molecule is CCCc1c(C2CC3C(NN2)[C@@]2(C)CC[C@H]3C2(C)C)cnn1-c1ccccc1. The third-order valence-electron chi connectivity index (χ3n) is 8.69. The third-order valence-corrected chi connectivity index (χ3v) is 8.69. The van der Waals surface area contributed by atoms with Gasteiger partial charge in [0, 0.05) is 23.3 Å². The molecule has 0 spiro atoms. The molecule has 3 unspecified atom stereocenters. The maximum atomic E-state index is 4.80. The number of fused-ring (bicyclic) bond motifs is 5. The van der Waals surface area contributed by atoms with Crippen LogP contribution in [-0.2, 0) is 6.42 Å². The molecule has 2 bridgehead atoms. The zero-order valence-corrected chi connectivity index (χ0v) is 17.7. The van der Waals surface area contributed by atoms with Crippen molar-refractivity contribution in [3.63, 3.8) is 0 Å². The zero-order chi connectivity index (χ0) is 19.5. The molecule has 2 aromatic rings. The summed E-state index contributed by atoms with van der Waals surface area (Å²) in [4.78, 5) is 0. The van der Waals surface area contributed by atoms with Gasteiger partial charge in [-0.05, 0) is 60.5 Å². The van der Waals surface area contributed by atoms with E-state index in [0.29, 0.717) is 22.9 Å². The lowest BCUT2D eigenvalue weighted by Gasteiger charge is -2.45. The molecule has 5 atom stereocenters. The van der Waals surface area contributed by atoms with E-state index in [-0.39, 0.29) is 0 Å². The minimum atomic E-state index is 0.346. The fourth-order valence-corrected chi connectivity index (χ4v) is 6.82. The van der Waals surface area contributed by atoms with Crippen LogP contribution in [0.15, 0.2) is 36.5 Å². The van der Waals surface area contributed by atoms with Crippen LogP contribution in [0.5, 0.6) is 0 Å². The minimum Gasteiger partial charge on any atom is -0.253 e. The third kappa shape index (κ3) is 2.40. The van der Waals surface area contributed by atoms with Crippen molar-refractivity contribution in [3.8, 4) is 5.69 Å². The molecule has 3 fully saturated rings. The highest BCUT2D eigenvalue weighted by molar-refractivity contribution is 5.36. The Kier molecular flexibility index (Phi) is 4.22. The molecule has 0 amide bonds. The van der Waals surface area contributed by atoms with Gasteiger partial charge in [0.2, 0.25) is 0 Å². The monoisotopic (exact) mass is 378 g/mol. The summed E-state index contributed by atoms with van der Waals surface area (Å²) in [5.74, 6) is 1.59. The summed E-state index contributed by atoms with van der Waals surface area (Å²) in [6.07, 6.45) is 8.27. The number of hydrogen-bond acceptors (Lipinski definition) is 3. The quantitative estimate of drug-likeness (QED) is 0.803. The van der Waals surface area contributed by atoms with Crippen LogP contribution in [0.2, 0.25) is 0 Å². The van der Waals surface area contributed by atoms with E-state index in [0.717, 1.165) is 30.4 Å². The maximum absolute atomic E-state index is 4.80. The fourth-order valence-electron chi connectivity index (χ4n) is 6.82. The molecule has 4 nitrogen and oxygen atoms in total. The van der Waals surface area contributed by atoms with Crippen LogP contribution in [0.1, 0.15) is 70.7 Å². The molecule has 4 heteroatoms. The Balaban J connectivity index is 1.46. The summed E-state index contributed by atoms with van der Waals surface area (Å²) in [7, 11) is 0. The molecule has 2 N–H and O–H groups in total. The lowest BCUT2D eigenvalue weighted by atomic mass is 9.69. The molecule has 2 aliphatic carbocycles. The van der Waals surface area contributed by atoms with Crippen LogP contribution in [0.3, 0.4) is 0 Å². The predicted octanol–water partition coefficient (Wildman–Crippen LogP) is 4.80. The van der Waals surface area contributed by atoms with E-state index in [9.17, 15) is 0 Å². The molecule has 150 valence electrons. The fraction of sp³-hybridized carbons (Fsp3) is 0.625. The van der Waals surface area contributed by atoms with E-state index in [2.05, 4.69) is 79.8 Å². The highest BCUT2D eigenvalue weighted by atomic mass is 15.4. The standard InChI is InChI=1S/C24H34N4/c1-5-9-21-18(15-25-28(21)16-10-7-6-8-11-16)20-14-17-19-12-13-24(4,23(19,2)3)22(17)27-26-20/h6-8,10-11,15,17,19-20,22,26-27H,5,9,12-14H2,1-4H3/t17?,19-,20?,22?,24-/m1/s1. The average Bonchev–Trinajstić information content (AvgIpc) is 3.27. The van der Waals surface area contributed by atoms with Gasteiger partial charge in [-0.3, -0.25) is 5.43 Å². The number of para-hydroxylation sites is 1. The summed E-state index contributed by atoms with van der Waals surface area (Å²) < 4.78 is 2.15. The van der Waals surface area contributed by atoms with Gasteiger partial charge in [-0.25, -0.2) is 10.1 Å². The zero-order valence-electron chi connectivity index (χ0n) is 17.7. The van der Waals surface area contributed by atoms with Crippen LogP contribution < -0.4 is 10.9 Å². The average molecular weight is 379 g/mol. The summed E-state index contributed by atoms with van der Waals surface area (Å²) in [6, 6.07) is 11.5. The first-order valence-electron chi connectivity index (χ1n) is 11.1. The molecule has 28 heavy (non-hydrogen) atoms. The van der Waals surface area contributed by atoms with E-state index in [1.54, 1.807) is 0 Å². The molecular formula is C24H34N4. The van der Waals surface area contributed by atoms with Gasteiger partial charge >= 0.3 is 0 Å². The lowest BCUT2D eigenvalue weighted by Crippen LogP contribution is -2.58. The van der Waals surface area contributed by atoms with Gasteiger partial charge in [0.25, 0.3) is 0 Å². The summed E-state index contributed by atoms with van der Waals surface area (Å²) in [5, 5.41) is 4.80. The van der Waals surface area contributed by atoms with Crippen LogP contribution in [0.25, 0.3) is 5.69 Å². The van der Waals surface area contributed by atoms with Gasteiger partial charge in [-0.1, -0.05) is 52.3 Å². The smallest absolute Gasteiger partial charge is 0.0648 e. The Bertz CT molecular complexity index is 855. The Labute approximate surface area is 169 Å². The van der Waals surface area contributed by atoms with Crippen molar-refractivity contribution in [1.82, 2.24) is 20.6 Å². The highest BCUT2D eigenvalue weighted by Crippen LogP contribution is 2.69. The highest BCUT2D eigenvalue weighted by Gasteiger charge is 2.66. The van der Waals surface area contributed by atoms with Crippen molar-refractivity contribution in [3.05, 3.63) is 47.8 Å². The summed E-state index contributed by atoms with van der Waals surface area (Å²) in [6.45, 7) is 9.79. The van der Waals surface area contributed by atoms with Gasteiger partial charge in [0.05, 0.1) is 11.9 Å². The molecule has 1 aliphatic heterocycles. The first-order valence-corrected chi connectivity index (χ1v) is 11.1. The van der Waals surface area contributed by atoms with E-state index in [4.69, 9.17) is 5.10 Å². The van der Waals surface area contributed by atoms with E-state index in [1.165, 1.54) is 30.5 Å². The lowest BCUT2D eigenvalue weighted by molar-refractivity contribution is 0.0804. The molecule has 1 aromatic carbocycles. The number of nitrogens with zero attached hydrogens (tertiary/aromatic N) is 2. The topological polar surface area (TPSA) is 41.9 Å². The predicted molar refractivity (Wildman–Crippen MR) is 113 cm³/mol. The second-order valence-electron chi connectivity index (χ2n) is 10.0. The minimum absolute atomic E-state index is 0.346. The van der Waals surface area contributed by atoms with Gasteiger partial charge in [0.15, 0.2) is 0 Å². The van der Waals surface area contributed by atoms with Crippen molar-refractivity contribution >= 4 is 0 Å². The second-order valence-corrected chi connectivity index (χ2v) is 10.0. The molecule has 0 radical (unpaired) electrons. The van der Waals surface area contributed by atoms with E-state index < -0.39 is 0 Å². The molecule has 2 saturated carbocycles. The number of rotatable bonds is 4. The van der Waals surface area contributed by atoms with Crippen LogP contribution in [0, 0.1) is 22.7 Å². The molecular weight excluding hydrogens is 344 g/mol. The molecule has 1 aromatic heterocycles. The normalized spacial score (nSPS) is 35.9. The Morgan fingerprint density at radius 2 is 1.93 bits per heavy atom. The molecule has 2 heterocycles. The summed E-state index contributed by atoms with van der Waals surface area (Å²) >= 11 is 0. The number of aromatic nitrogens is 2. The van der Waals surface area contributed by atoms with Gasteiger partial charge in [-0.2, -0.15) is 5.10 Å². The first kappa shape index (κ1) is 18.4. The second kappa shape index (κ2) is 6.43. The van der Waals surface area contributed by atoms with Crippen molar-refractivity contribution in [2.75, 3.05) is 0 Å². The number of nitrogens with one attached hydrogen (secondary N) is 2. The van der Waals surface area contributed by atoms with E-state index >= 15 is 0 Å². The molecule has 1 saturated heterocycles. The maximum Gasteiger partial charge on any atom is 0.0648 e. The van der Waals surface area contributed by atoms with Crippen LogP contribution in [0.4, 0.5) is 0 Å². The van der Waals surface area contributed by atoms with Crippen LogP contribution in [-0.4, -0.2) is 15.8 Å².